The zero-order chi connectivity index (χ0) is 15.5. The normalized spacial score (nSPS) is 10.1. The van der Waals surface area contributed by atoms with Gasteiger partial charge in [0.1, 0.15) is 17.5 Å². The number of nitrogens with one attached hydrogen (secondary N) is 1. The van der Waals surface area contributed by atoms with Crippen molar-refractivity contribution in [1.82, 2.24) is 15.0 Å². The van der Waals surface area contributed by atoms with Crippen molar-refractivity contribution in [2.75, 3.05) is 5.73 Å². The molecule has 0 bridgehead atoms. The maximum Gasteiger partial charge on any atom is 0.247 e. The van der Waals surface area contributed by atoms with Crippen molar-refractivity contribution in [3.63, 3.8) is 0 Å². The molecule has 106 valence electrons. The van der Waals surface area contributed by atoms with E-state index in [-0.39, 0.29) is 16.9 Å². The van der Waals surface area contributed by atoms with Crippen LogP contribution < -0.4 is 11.3 Å². The minimum Gasteiger partial charge on any atom is -0.383 e. The van der Waals surface area contributed by atoms with Gasteiger partial charge in [0.05, 0.1) is 5.69 Å². The molecule has 0 saturated carbocycles. The Hall–Kier alpha value is -3.46. The summed E-state index contributed by atoms with van der Waals surface area (Å²) in [4.78, 5) is 22.0. The monoisotopic (exact) mass is 289 g/mol. The predicted octanol–water partition coefficient (Wildman–Crippen LogP) is 1.95. The highest BCUT2D eigenvalue weighted by molar-refractivity contribution is 5.79. The Bertz CT molecular complexity index is 905. The van der Waals surface area contributed by atoms with Crippen molar-refractivity contribution < 1.29 is 0 Å². The minimum atomic E-state index is -0.210. The van der Waals surface area contributed by atoms with E-state index in [0.29, 0.717) is 16.8 Å². The van der Waals surface area contributed by atoms with Crippen LogP contribution in [-0.4, -0.2) is 15.0 Å². The van der Waals surface area contributed by atoms with Crippen molar-refractivity contribution in [1.29, 1.82) is 5.26 Å². The second kappa shape index (κ2) is 5.50. The maximum absolute atomic E-state index is 11.2. The molecule has 3 N–H and O–H groups in total. The van der Waals surface area contributed by atoms with Gasteiger partial charge in [-0.2, -0.15) is 5.26 Å². The van der Waals surface area contributed by atoms with E-state index in [1.807, 2.05) is 12.1 Å². The van der Waals surface area contributed by atoms with Crippen LogP contribution in [0.1, 0.15) is 5.56 Å². The first kappa shape index (κ1) is 13.5. The molecule has 0 amide bonds. The third-order valence-electron chi connectivity index (χ3n) is 3.23. The first-order chi connectivity index (χ1) is 10.7. The third-order valence-corrected chi connectivity index (χ3v) is 3.23. The van der Waals surface area contributed by atoms with Crippen molar-refractivity contribution in [3.05, 3.63) is 64.8 Å². The first-order valence-corrected chi connectivity index (χ1v) is 6.49. The molecule has 22 heavy (non-hydrogen) atoms. The van der Waals surface area contributed by atoms with Gasteiger partial charge in [0.25, 0.3) is 0 Å². The lowest BCUT2D eigenvalue weighted by Gasteiger charge is -2.09. The van der Waals surface area contributed by atoms with E-state index in [9.17, 15) is 10.1 Å². The molecular formula is C16H11N5O. The standard InChI is InChI=1S/C16H11N5O/c17-8-13-12(11-1-2-15(22)20-9-11)7-14(21-16(13)18)10-3-5-19-6-4-10/h1-7,9H,(H2,18,21)(H,20,22). The van der Waals surface area contributed by atoms with Crippen LogP contribution in [-0.2, 0) is 0 Å². The van der Waals surface area contributed by atoms with E-state index in [2.05, 4.69) is 21.0 Å². The Kier molecular flexibility index (Phi) is 3.38. The van der Waals surface area contributed by atoms with Crippen LogP contribution in [0.25, 0.3) is 22.4 Å². The smallest absolute Gasteiger partial charge is 0.247 e. The van der Waals surface area contributed by atoms with Crippen LogP contribution >= 0.6 is 0 Å². The molecule has 6 heteroatoms. The number of aromatic amines is 1. The van der Waals surface area contributed by atoms with Gasteiger partial charge in [-0.15, -0.1) is 0 Å². The molecular weight excluding hydrogens is 278 g/mol. The highest BCUT2D eigenvalue weighted by Crippen LogP contribution is 2.30. The summed E-state index contributed by atoms with van der Waals surface area (Å²) in [7, 11) is 0. The quantitative estimate of drug-likeness (QED) is 0.749. The fourth-order valence-corrected chi connectivity index (χ4v) is 2.16. The fourth-order valence-electron chi connectivity index (χ4n) is 2.16. The number of H-pyrrole nitrogens is 1. The van der Waals surface area contributed by atoms with Crippen molar-refractivity contribution >= 4 is 5.82 Å². The Morgan fingerprint density at radius 1 is 1.14 bits per heavy atom. The van der Waals surface area contributed by atoms with E-state index in [1.54, 1.807) is 30.7 Å². The van der Waals surface area contributed by atoms with Gasteiger partial charge in [-0.05, 0) is 29.8 Å². The number of nitrogens with zero attached hydrogens (tertiary/aromatic N) is 3. The molecule has 0 aliphatic heterocycles. The summed E-state index contributed by atoms with van der Waals surface area (Å²) in [6.45, 7) is 0. The molecule has 0 unspecified atom stereocenters. The molecule has 3 aromatic heterocycles. The van der Waals surface area contributed by atoms with Gasteiger partial charge in [0.2, 0.25) is 5.56 Å². The Labute approximate surface area is 125 Å². The summed E-state index contributed by atoms with van der Waals surface area (Å²) in [5.41, 5.74) is 8.79. The maximum atomic E-state index is 11.2. The van der Waals surface area contributed by atoms with Crippen molar-refractivity contribution in [2.24, 2.45) is 0 Å². The second-order valence-corrected chi connectivity index (χ2v) is 4.60. The molecule has 0 aliphatic carbocycles. The summed E-state index contributed by atoms with van der Waals surface area (Å²) in [6, 6.07) is 10.5. The Morgan fingerprint density at radius 2 is 1.91 bits per heavy atom. The summed E-state index contributed by atoms with van der Waals surface area (Å²) in [5, 5.41) is 9.32. The molecule has 0 saturated heterocycles. The van der Waals surface area contributed by atoms with Crippen LogP contribution in [0.15, 0.2) is 53.7 Å². The summed E-state index contributed by atoms with van der Waals surface area (Å²) in [5.74, 6) is 0.151. The number of nitrogens with two attached hydrogens (primary N) is 1. The lowest BCUT2D eigenvalue weighted by Crippen LogP contribution is -2.03. The van der Waals surface area contributed by atoms with Gasteiger partial charge in [0.15, 0.2) is 0 Å². The predicted molar refractivity (Wildman–Crippen MR) is 82.7 cm³/mol. The molecule has 3 heterocycles. The molecule has 0 atom stereocenters. The summed E-state index contributed by atoms with van der Waals surface area (Å²) < 4.78 is 0. The molecule has 0 fully saturated rings. The van der Waals surface area contributed by atoms with Gasteiger partial charge in [-0.1, -0.05) is 0 Å². The molecule has 3 rings (SSSR count). The first-order valence-electron chi connectivity index (χ1n) is 6.49. The number of hydrogen-bond acceptors (Lipinski definition) is 5. The van der Waals surface area contributed by atoms with Crippen molar-refractivity contribution in [3.8, 4) is 28.5 Å². The third kappa shape index (κ3) is 2.43. The van der Waals surface area contributed by atoms with Crippen LogP contribution in [0.2, 0.25) is 0 Å². The van der Waals surface area contributed by atoms with Crippen LogP contribution in [0.3, 0.4) is 0 Å². The largest absolute Gasteiger partial charge is 0.383 e. The number of pyridine rings is 3. The van der Waals surface area contributed by atoms with E-state index >= 15 is 0 Å². The molecule has 3 aromatic rings. The van der Waals surface area contributed by atoms with Crippen LogP contribution in [0.4, 0.5) is 5.82 Å². The Morgan fingerprint density at radius 3 is 2.55 bits per heavy atom. The summed E-state index contributed by atoms with van der Waals surface area (Å²) >= 11 is 0. The molecule has 0 spiro atoms. The average molecular weight is 289 g/mol. The molecule has 6 nitrogen and oxygen atoms in total. The number of hydrogen-bond donors (Lipinski definition) is 2. The lowest BCUT2D eigenvalue weighted by molar-refractivity contribution is 1.23. The SMILES string of the molecule is N#Cc1c(-c2ccc(=O)[nH]c2)cc(-c2ccncc2)nc1N. The number of aromatic nitrogens is 3. The van der Waals surface area contributed by atoms with E-state index in [1.165, 1.54) is 6.07 Å². The number of nitrogen functional groups attached to an aromatic ring is 1. The fraction of sp³-hybridized carbons (Fsp3) is 0. The topological polar surface area (TPSA) is 108 Å². The minimum absolute atomic E-state index is 0.151. The van der Waals surface area contributed by atoms with E-state index < -0.39 is 0 Å². The van der Waals surface area contributed by atoms with Crippen LogP contribution in [0, 0.1) is 11.3 Å². The van der Waals surface area contributed by atoms with Gasteiger partial charge in [-0.3, -0.25) is 9.78 Å². The van der Waals surface area contributed by atoms with Gasteiger partial charge in [0, 0.05) is 35.8 Å². The number of anilines is 1. The Balaban J connectivity index is 2.24. The van der Waals surface area contributed by atoms with E-state index in [4.69, 9.17) is 5.73 Å². The molecule has 0 aromatic carbocycles. The second-order valence-electron chi connectivity index (χ2n) is 4.60. The average Bonchev–Trinajstić information content (AvgIpc) is 2.55. The highest BCUT2D eigenvalue weighted by atomic mass is 16.1. The molecule has 0 radical (unpaired) electrons. The van der Waals surface area contributed by atoms with Gasteiger partial charge in [-0.25, -0.2) is 4.98 Å². The van der Waals surface area contributed by atoms with Gasteiger partial charge >= 0.3 is 0 Å². The summed E-state index contributed by atoms with van der Waals surface area (Å²) in [6.07, 6.45) is 4.87. The van der Waals surface area contributed by atoms with Crippen LogP contribution in [0.5, 0.6) is 0 Å². The molecule has 0 aliphatic rings. The van der Waals surface area contributed by atoms with E-state index in [0.717, 1.165) is 5.56 Å². The zero-order valence-corrected chi connectivity index (χ0v) is 11.4. The highest BCUT2D eigenvalue weighted by Gasteiger charge is 2.13. The van der Waals surface area contributed by atoms with Crippen molar-refractivity contribution in [2.45, 2.75) is 0 Å². The zero-order valence-electron chi connectivity index (χ0n) is 11.4. The lowest BCUT2D eigenvalue weighted by atomic mass is 10.00. The number of rotatable bonds is 2. The number of nitriles is 1. The van der Waals surface area contributed by atoms with Gasteiger partial charge < -0.3 is 10.7 Å².